The van der Waals surface area contributed by atoms with Crippen molar-refractivity contribution in [3.8, 4) is 0 Å². The zero-order valence-electron chi connectivity index (χ0n) is 6.95. The molecule has 1 rings (SSSR count). The first kappa shape index (κ1) is 8.97. The van der Waals surface area contributed by atoms with E-state index in [2.05, 4.69) is 0 Å². The Hall–Kier alpha value is -0.120. The molecule has 0 aromatic carbocycles. The molecule has 1 saturated heterocycles. The summed E-state index contributed by atoms with van der Waals surface area (Å²) >= 11 is 0. The van der Waals surface area contributed by atoms with Crippen molar-refractivity contribution >= 4 is 0 Å². The molecule has 0 aliphatic carbocycles. The Morgan fingerprint density at radius 3 is 2.91 bits per heavy atom. The molecule has 3 heteroatoms. The van der Waals surface area contributed by atoms with E-state index in [1.54, 1.807) is 7.11 Å². The Kier molecular flexibility index (Phi) is 3.30. The van der Waals surface area contributed by atoms with Gasteiger partial charge in [-0.15, -0.1) is 0 Å². The fourth-order valence-corrected chi connectivity index (χ4v) is 0.975. The normalized spacial score (nSPS) is 31.6. The largest absolute Gasteiger partial charge is 0.379 e. The quantitative estimate of drug-likeness (QED) is 0.605. The van der Waals surface area contributed by atoms with E-state index in [9.17, 15) is 0 Å². The van der Waals surface area contributed by atoms with Gasteiger partial charge in [-0.1, -0.05) is 6.92 Å². The van der Waals surface area contributed by atoms with E-state index in [0.717, 1.165) is 0 Å². The van der Waals surface area contributed by atoms with Crippen LogP contribution in [0.15, 0.2) is 0 Å². The summed E-state index contributed by atoms with van der Waals surface area (Å²) in [6.07, 6.45) is -0.203. The Bertz CT molecular complexity index is 114. The van der Waals surface area contributed by atoms with E-state index in [4.69, 9.17) is 21.1 Å². The van der Waals surface area contributed by atoms with Crippen LogP contribution in [0, 0.1) is 12.8 Å². The molecule has 0 bridgehead atoms. The van der Waals surface area contributed by atoms with E-state index < -0.39 is 0 Å². The van der Waals surface area contributed by atoms with Crippen molar-refractivity contribution in [1.29, 1.82) is 0 Å². The van der Waals surface area contributed by atoms with E-state index in [1.165, 1.54) is 0 Å². The molecule has 0 amide bonds. The highest BCUT2D eigenvalue weighted by molar-refractivity contribution is 4.72. The van der Waals surface area contributed by atoms with E-state index in [1.807, 2.05) is 6.92 Å². The molecule has 2 radical (unpaired) electrons. The lowest BCUT2D eigenvalue weighted by Gasteiger charge is -2.12. The first-order valence-electron chi connectivity index (χ1n) is 3.75. The van der Waals surface area contributed by atoms with Crippen LogP contribution in [0.4, 0.5) is 0 Å². The molecule has 0 saturated carbocycles. The van der Waals surface area contributed by atoms with Crippen LogP contribution in [0.5, 0.6) is 0 Å². The summed E-state index contributed by atoms with van der Waals surface area (Å²) in [7, 11) is 1.62. The van der Waals surface area contributed by atoms with Crippen molar-refractivity contribution in [3.05, 3.63) is 6.92 Å². The molecule has 3 nitrogen and oxygen atoms in total. The molecule has 1 heterocycles. The van der Waals surface area contributed by atoms with Gasteiger partial charge in [0, 0.05) is 7.11 Å². The molecular weight excluding hydrogens is 144 g/mol. The SMILES string of the molecule is [CH]C(C)C1COC(COC)O1. The van der Waals surface area contributed by atoms with Gasteiger partial charge in [-0.2, -0.15) is 0 Å². The van der Waals surface area contributed by atoms with Crippen LogP contribution in [0.25, 0.3) is 0 Å². The fourth-order valence-electron chi connectivity index (χ4n) is 0.975. The molecule has 1 fully saturated rings. The maximum Gasteiger partial charge on any atom is 0.181 e. The predicted octanol–water partition coefficient (Wildman–Crippen LogP) is 0.721. The summed E-state index contributed by atoms with van der Waals surface area (Å²) in [6.45, 7) is 8.57. The number of methoxy groups -OCH3 is 1. The maximum atomic E-state index is 5.61. The highest BCUT2D eigenvalue weighted by Gasteiger charge is 2.27. The summed E-state index contributed by atoms with van der Waals surface area (Å²) < 4.78 is 15.5. The maximum absolute atomic E-state index is 5.61. The molecule has 0 aromatic heterocycles. The number of hydrogen-bond donors (Lipinski definition) is 0. The minimum Gasteiger partial charge on any atom is -0.379 e. The van der Waals surface area contributed by atoms with Gasteiger partial charge in [0.1, 0.15) is 0 Å². The van der Waals surface area contributed by atoms with Crippen LogP contribution in [0.2, 0.25) is 0 Å². The molecule has 1 aliphatic heterocycles. The number of ether oxygens (including phenoxy) is 3. The first-order chi connectivity index (χ1) is 5.24. The smallest absolute Gasteiger partial charge is 0.181 e. The highest BCUT2D eigenvalue weighted by atomic mass is 16.7. The fraction of sp³-hybridized carbons (Fsp3) is 0.875. The lowest BCUT2D eigenvalue weighted by molar-refractivity contribution is -0.100. The number of rotatable bonds is 3. The molecule has 0 aromatic rings. The van der Waals surface area contributed by atoms with Crippen molar-refractivity contribution in [2.24, 2.45) is 5.92 Å². The van der Waals surface area contributed by atoms with Crippen LogP contribution < -0.4 is 0 Å². The van der Waals surface area contributed by atoms with Crippen LogP contribution in [-0.4, -0.2) is 32.7 Å². The topological polar surface area (TPSA) is 27.7 Å². The monoisotopic (exact) mass is 158 g/mol. The van der Waals surface area contributed by atoms with Crippen molar-refractivity contribution in [1.82, 2.24) is 0 Å². The van der Waals surface area contributed by atoms with Crippen molar-refractivity contribution in [2.75, 3.05) is 20.3 Å². The van der Waals surface area contributed by atoms with Crippen LogP contribution in [-0.2, 0) is 14.2 Å². The third kappa shape index (κ3) is 2.43. The van der Waals surface area contributed by atoms with Crippen LogP contribution >= 0.6 is 0 Å². The van der Waals surface area contributed by atoms with Crippen molar-refractivity contribution < 1.29 is 14.2 Å². The van der Waals surface area contributed by atoms with Gasteiger partial charge in [0.15, 0.2) is 6.29 Å². The molecule has 11 heavy (non-hydrogen) atoms. The van der Waals surface area contributed by atoms with Gasteiger partial charge in [-0.3, -0.25) is 0 Å². The van der Waals surface area contributed by atoms with Gasteiger partial charge in [0.05, 0.1) is 19.3 Å². The molecule has 64 valence electrons. The third-order valence-electron chi connectivity index (χ3n) is 1.66. The zero-order valence-corrected chi connectivity index (χ0v) is 6.95. The molecule has 0 spiro atoms. The summed E-state index contributed by atoms with van der Waals surface area (Å²) in [5.41, 5.74) is 0. The van der Waals surface area contributed by atoms with Gasteiger partial charge < -0.3 is 14.2 Å². The van der Waals surface area contributed by atoms with Crippen LogP contribution in [0.3, 0.4) is 0 Å². The van der Waals surface area contributed by atoms with Gasteiger partial charge in [-0.25, -0.2) is 0 Å². The summed E-state index contributed by atoms with van der Waals surface area (Å²) in [4.78, 5) is 0. The van der Waals surface area contributed by atoms with Gasteiger partial charge >= 0.3 is 0 Å². The van der Waals surface area contributed by atoms with E-state index in [0.29, 0.717) is 13.2 Å². The lowest BCUT2D eigenvalue weighted by atomic mass is 10.1. The van der Waals surface area contributed by atoms with E-state index >= 15 is 0 Å². The third-order valence-corrected chi connectivity index (χ3v) is 1.66. The average molecular weight is 158 g/mol. The first-order valence-corrected chi connectivity index (χ1v) is 3.75. The molecule has 3 unspecified atom stereocenters. The second-order valence-corrected chi connectivity index (χ2v) is 2.75. The van der Waals surface area contributed by atoms with Gasteiger partial charge in [0.2, 0.25) is 0 Å². The second kappa shape index (κ2) is 4.04. The number of hydrogen-bond acceptors (Lipinski definition) is 3. The Morgan fingerprint density at radius 1 is 1.73 bits per heavy atom. The Balaban J connectivity index is 2.23. The second-order valence-electron chi connectivity index (χ2n) is 2.75. The minimum absolute atomic E-state index is 0.0233. The lowest BCUT2D eigenvalue weighted by Crippen LogP contribution is -2.20. The Morgan fingerprint density at radius 2 is 2.45 bits per heavy atom. The van der Waals surface area contributed by atoms with Crippen LogP contribution in [0.1, 0.15) is 6.92 Å². The zero-order chi connectivity index (χ0) is 8.27. The summed E-state index contributed by atoms with van der Waals surface area (Å²) in [5.74, 6) is 0.0249. The molecule has 0 N–H and O–H groups in total. The summed E-state index contributed by atoms with van der Waals surface area (Å²) in [6, 6.07) is 0. The van der Waals surface area contributed by atoms with Gasteiger partial charge in [0.25, 0.3) is 0 Å². The van der Waals surface area contributed by atoms with Crippen molar-refractivity contribution in [2.45, 2.75) is 19.3 Å². The molecule has 1 aliphatic rings. The Labute approximate surface area is 67.6 Å². The summed E-state index contributed by atoms with van der Waals surface area (Å²) in [5, 5.41) is 0. The van der Waals surface area contributed by atoms with E-state index in [-0.39, 0.29) is 18.3 Å². The predicted molar refractivity (Wildman–Crippen MR) is 40.0 cm³/mol. The molecule has 3 atom stereocenters. The molecular formula is C8H14O3. The standard InChI is InChI=1S/C8H14O3/c1-6(2)7-4-10-8(11-7)5-9-3/h1,6-8H,4-5H2,2-3H3. The van der Waals surface area contributed by atoms with Crippen molar-refractivity contribution in [3.63, 3.8) is 0 Å². The van der Waals surface area contributed by atoms with Gasteiger partial charge in [-0.05, 0) is 12.8 Å². The average Bonchev–Trinajstić information content (AvgIpc) is 2.37. The minimum atomic E-state index is -0.226. The highest BCUT2D eigenvalue weighted by Crippen LogP contribution is 2.17.